The fourth-order valence-corrected chi connectivity index (χ4v) is 3.23. The molecule has 0 saturated carbocycles. The zero-order chi connectivity index (χ0) is 14.1. The molecule has 1 aromatic carbocycles. The lowest BCUT2D eigenvalue weighted by molar-refractivity contribution is 0.480. The van der Waals surface area contributed by atoms with Gasteiger partial charge >= 0.3 is 0 Å². The number of aromatic nitrogens is 3. The van der Waals surface area contributed by atoms with E-state index in [1.165, 1.54) is 3.57 Å². The van der Waals surface area contributed by atoms with Gasteiger partial charge in [-0.2, -0.15) is 4.98 Å². The van der Waals surface area contributed by atoms with Crippen molar-refractivity contribution in [2.45, 2.75) is 13.0 Å². The van der Waals surface area contributed by atoms with E-state index in [0.717, 1.165) is 41.4 Å². The van der Waals surface area contributed by atoms with Crippen LogP contribution in [-0.4, -0.2) is 40.9 Å². The fourth-order valence-electron chi connectivity index (χ4n) is 2.31. The summed E-state index contributed by atoms with van der Waals surface area (Å²) in [7, 11) is 0. The number of rotatable bonds is 2. The van der Waals surface area contributed by atoms with Crippen LogP contribution in [0, 0.1) is 3.57 Å². The molecule has 0 amide bonds. The lowest BCUT2D eigenvalue weighted by Crippen LogP contribution is -2.49. The predicted molar refractivity (Wildman–Crippen MR) is 91.9 cm³/mol. The van der Waals surface area contributed by atoms with Crippen LogP contribution in [0.2, 0.25) is 0 Å². The standard InChI is InChI=1S/C13H15BrIN5/c1-8-7-20(5-4-16-8)13-17-12(18-19-13)10-6-9(15)2-3-11(10)14/h2-3,6,8,16H,4-5,7H2,1H3,(H,17,18,19). The zero-order valence-corrected chi connectivity index (χ0v) is 14.8. The van der Waals surface area contributed by atoms with E-state index in [4.69, 9.17) is 0 Å². The average Bonchev–Trinajstić information content (AvgIpc) is 2.91. The molecule has 106 valence electrons. The molecule has 3 rings (SSSR count). The third-order valence-corrected chi connectivity index (χ3v) is 4.67. The third kappa shape index (κ3) is 2.99. The van der Waals surface area contributed by atoms with Crippen molar-refractivity contribution in [3.63, 3.8) is 0 Å². The molecule has 2 aromatic rings. The number of aromatic amines is 1. The van der Waals surface area contributed by atoms with E-state index < -0.39 is 0 Å². The van der Waals surface area contributed by atoms with Gasteiger partial charge in [0, 0.05) is 39.3 Å². The Balaban J connectivity index is 1.88. The van der Waals surface area contributed by atoms with Crippen molar-refractivity contribution < 1.29 is 0 Å². The zero-order valence-electron chi connectivity index (χ0n) is 11.0. The van der Waals surface area contributed by atoms with Gasteiger partial charge in [-0.3, -0.25) is 5.10 Å². The topological polar surface area (TPSA) is 56.8 Å². The molecule has 0 aliphatic carbocycles. The molecule has 1 aromatic heterocycles. The summed E-state index contributed by atoms with van der Waals surface area (Å²) < 4.78 is 2.20. The second-order valence-corrected chi connectivity index (χ2v) is 7.01. The van der Waals surface area contributed by atoms with Crippen molar-refractivity contribution in [1.82, 2.24) is 20.5 Å². The van der Waals surface area contributed by atoms with Crippen molar-refractivity contribution in [3.8, 4) is 11.4 Å². The van der Waals surface area contributed by atoms with Crippen molar-refractivity contribution in [3.05, 3.63) is 26.2 Å². The number of hydrogen-bond donors (Lipinski definition) is 2. The summed E-state index contributed by atoms with van der Waals surface area (Å²) in [6.45, 7) is 5.02. The molecule has 7 heteroatoms. The van der Waals surface area contributed by atoms with Crippen molar-refractivity contribution in [2.75, 3.05) is 24.5 Å². The van der Waals surface area contributed by atoms with Crippen LogP contribution >= 0.6 is 38.5 Å². The van der Waals surface area contributed by atoms with Gasteiger partial charge in [-0.25, -0.2) is 0 Å². The van der Waals surface area contributed by atoms with E-state index in [1.54, 1.807) is 0 Å². The van der Waals surface area contributed by atoms with Crippen LogP contribution in [0.5, 0.6) is 0 Å². The lowest BCUT2D eigenvalue weighted by atomic mass is 10.2. The molecule has 1 fully saturated rings. The molecule has 5 nitrogen and oxygen atoms in total. The Morgan fingerprint density at radius 1 is 1.45 bits per heavy atom. The summed E-state index contributed by atoms with van der Waals surface area (Å²) in [4.78, 5) is 6.85. The molecule has 0 radical (unpaired) electrons. The predicted octanol–water partition coefficient (Wildman–Crippen LogP) is 2.64. The highest BCUT2D eigenvalue weighted by Gasteiger charge is 2.20. The number of nitrogens with zero attached hydrogens (tertiary/aromatic N) is 3. The molecule has 1 unspecified atom stereocenters. The lowest BCUT2D eigenvalue weighted by Gasteiger charge is -2.30. The monoisotopic (exact) mass is 447 g/mol. The Morgan fingerprint density at radius 2 is 2.30 bits per heavy atom. The van der Waals surface area contributed by atoms with Crippen molar-refractivity contribution in [1.29, 1.82) is 0 Å². The minimum absolute atomic E-state index is 0.468. The van der Waals surface area contributed by atoms with Crippen LogP contribution in [0.25, 0.3) is 11.4 Å². The minimum atomic E-state index is 0.468. The van der Waals surface area contributed by atoms with Gasteiger partial charge in [0.1, 0.15) is 0 Å². The first kappa shape index (κ1) is 14.3. The highest BCUT2D eigenvalue weighted by molar-refractivity contribution is 14.1. The van der Waals surface area contributed by atoms with E-state index in [0.29, 0.717) is 6.04 Å². The average molecular weight is 448 g/mol. The molecule has 1 saturated heterocycles. The molecule has 2 N–H and O–H groups in total. The summed E-state index contributed by atoms with van der Waals surface area (Å²) in [6.07, 6.45) is 0. The van der Waals surface area contributed by atoms with Gasteiger partial charge in [0.25, 0.3) is 0 Å². The summed E-state index contributed by atoms with van der Waals surface area (Å²) in [5.41, 5.74) is 1.04. The first-order valence-corrected chi connectivity index (χ1v) is 8.37. The van der Waals surface area contributed by atoms with Gasteiger partial charge in [-0.05, 0) is 47.7 Å². The molecule has 0 bridgehead atoms. The normalized spacial score (nSPS) is 19.4. The highest BCUT2D eigenvalue weighted by Crippen LogP contribution is 2.28. The third-order valence-electron chi connectivity index (χ3n) is 3.31. The van der Waals surface area contributed by atoms with Crippen LogP contribution in [0.3, 0.4) is 0 Å². The van der Waals surface area contributed by atoms with Gasteiger partial charge in [0.15, 0.2) is 5.82 Å². The Hall–Kier alpha value is -0.670. The number of benzene rings is 1. The number of halogens is 2. The summed E-state index contributed by atoms with van der Waals surface area (Å²) in [5, 5.41) is 10.8. The highest BCUT2D eigenvalue weighted by atomic mass is 127. The Bertz CT molecular complexity index is 615. The number of H-pyrrole nitrogens is 1. The van der Waals surface area contributed by atoms with Crippen LogP contribution < -0.4 is 10.2 Å². The molecular weight excluding hydrogens is 433 g/mol. The molecular formula is C13H15BrIN5. The van der Waals surface area contributed by atoms with E-state index in [-0.39, 0.29) is 0 Å². The summed E-state index contributed by atoms with van der Waals surface area (Å²) in [6, 6.07) is 6.65. The summed E-state index contributed by atoms with van der Waals surface area (Å²) >= 11 is 5.87. The SMILES string of the molecule is CC1CN(c2n[nH]c(-c3cc(I)ccc3Br)n2)CCN1. The van der Waals surface area contributed by atoms with Gasteiger partial charge in [-0.15, -0.1) is 5.10 Å². The van der Waals surface area contributed by atoms with Gasteiger partial charge in [0.05, 0.1) is 0 Å². The maximum Gasteiger partial charge on any atom is 0.245 e. The first-order chi connectivity index (χ1) is 9.63. The Labute approximate surface area is 139 Å². The number of piperazine rings is 1. The maximum absolute atomic E-state index is 4.64. The van der Waals surface area contributed by atoms with Gasteiger partial charge in [-0.1, -0.05) is 15.9 Å². The van der Waals surface area contributed by atoms with Crippen molar-refractivity contribution >= 4 is 44.5 Å². The molecule has 0 spiro atoms. The first-order valence-electron chi connectivity index (χ1n) is 6.49. The largest absolute Gasteiger partial charge is 0.337 e. The van der Waals surface area contributed by atoms with Crippen LogP contribution in [0.4, 0.5) is 5.95 Å². The van der Waals surface area contributed by atoms with E-state index in [9.17, 15) is 0 Å². The number of hydrogen-bond acceptors (Lipinski definition) is 4. The fraction of sp³-hybridized carbons (Fsp3) is 0.385. The van der Waals surface area contributed by atoms with E-state index in [1.807, 2.05) is 6.07 Å². The smallest absolute Gasteiger partial charge is 0.245 e. The van der Waals surface area contributed by atoms with Gasteiger partial charge < -0.3 is 10.2 Å². The van der Waals surface area contributed by atoms with Gasteiger partial charge in [0.2, 0.25) is 5.95 Å². The van der Waals surface area contributed by atoms with E-state index >= 15 is 0 Å². The molecule has 2 heterocycles. The minimum Gasteiger partial charge on any atom is -0.337 e. The van der Waals surface area contributed by atoms with E-state index in [2.05, 4.69) is 83.0 Å². The Kier molecular flexibility index (Phi) is 4.27. The number of nitrogens with one attached hydrogen (secondary N) is 2. The van der Waals surface area contributed by atoms with Crippen molar-refractivity contribution in [2.24, 2.45) is 0 Å². The van der Waals surface area contributed by atoms with Crippen LogP contribution in [0.15, 0.2) is 22.7 Å². The Morgan fingerprint density at radius 3 is 3.10 bits per heavy atom. The molecule has 1 atom stereocenters. The second-order valence-electron chi connectivity index (χ2n) is 4.91. The maximum atomic E-state index is 4.64. The molecule has 1 aliphatic rings. The molecule has 20 heavy (non-hydrogen) atoms. The summed E-state index contributed by atoms with van der Waals surface area (Å²) in [5.74, 6) is 1.58. The van der Waals surface area contributed by atoms with Crippen LogP contribution in [0.1, 0.15) is 6.92 Å². The second kappa shape index (κ2) is 5.98. The molecule has 1 aliphatic heterocycles. The quantitative estimate of drug-likeness (QED) is 0.695. The number of anilines is 1. The van der Waals surface area contributed by atoms with Crippen LogP contribution in [-0.2, 0) is 0 Å².